The first kappa shape index (κ1) is 40.2. The Kier molecular flexibility index (Phi) is 12.2. The van der Waals surface area contributed by atoms with Gasteiger partial charge in [-0.3, -0.25) is 0 Å². The van der Waals surface area contributed by atoms with Crippen LogP contribution < -0.4 is 9.47 Å². The molecule has 0 radical (unpaired) electrons. The molecular formula is C40H20F10O6. The predicted molar refractivity (Wildman–Crippen MR) is 175 cm³/mol. The molecular weight excluding hydrogens is 766 g/mol. The van der Waals surface area contributed by atoms with Crippen molar-refractivity contribution in [3.05, 3.63) is 163 Å². The van der Waals surface area contributed by atoms with E-state index in [4.69, 9.17) is 18.9 Å². The molecule has 56 heavy (non-hydrogen) atoms. The van der Waals surface area contributed by atoms with Crippen LogP contribution >= 0.6 is 0 Å². The van der Waals surface area contributed by atoms with Gasteiger partial charge in [0.25, 0.3) is 0 Å². The number of halogens is 10. The largest absolute Gasteiger partial charge is 0.497 e. The zero-order valence-corrected chi connectivity index (χ0v) is 28.4. The van der Waals surface area contributed by atoms with Gasteiger partial charge in [0.15, 0.2) is 46.5 Å². The Hall–Kier alpha value is -6.94. The van der Waals surface area contributed by atoms with E-state index in [0.29, 0.717) is 22.6 Å². The van der Waals surface area contributed by atoms with Gasteiger partial charge in [-0.05, 0) is 60.7 Å². The van der Waals surface area contributed by atoms with Crippen LogP contribution in [-0.4, -0.2) is 26.2 Å². The van der Waals surface area contributed by atoms with Crippen LogP contribution in [0.3, 0.4) is 0 Å². The third-order valence-electron chi connectivity index (χ3n) is 7.76. The normalized spacial score (nSPS) is 10.5. The quantitative estimate of drug-likeness (QED) is 0.0516. The number of ether oxygens (including phenoxy) is 4. The lowest BCUT2D eigenvalue weighted by molar-refractivity contribution is 0.0447. The smallest absolute Gasteiger partial charge is 0.339 e. The summed E-state index contributed by atoms with van der Waals surface area (Å²) in [5, 5.41) is 0. The van der Waals surface area contributed by atoms with Crippen LogP contribution in [0.5, 0.6) is 11.5 Å². The summed E-state index contributed by atoms with van der Waals surface area (Å²) in [6, 6.07) is 13.8. The maximum atomic E-state index is 14.4. The van der Waals surface area contributed by atoms with Crippen LogP contribution in [0.4, 0.5) is 43.9 Å². The van der Waals surface area contributed by atoms with E-state index in [1.807, 2.05) is 0 Å². The Labute approximate surface area is 310 Å². The summed E-state index contributed by atoms with van der Waals surface area (Å²) < 4.78 is 160. The summed E-state index contributed by atoms with van der Waals surface area (Å²) >= 11 is 0. The number of benzene rings is 5. The van der Waals surface area contributed by atoms with E-state index < -0.39 is 117 Å². The maximum absolute atomic E-state index is 14.4. The summed E-state index contributed by atoms with van der Waals surface area (Å²) in [5.74, 6) is -14.8. The molecule has 0 heterocycles. The minimum absolute atomic E-state index is 0.297. The van der Waals surface area contributed by atoms with E-state index in [9.17, 15) is 53.5 Å². The monoisotopic (exact) mass is 786 g/mol. The number of hydrogen-bond acceptors (Lipinski definition) is 6. The van der Waals surface area contributed by atoms with Crippen LogP contribution in [0.25, 0.3) is 0 Å². The molecule has 0 fully saturated rings. The van der Waals surface area contributed by atoms with Crippen molar-refractivity contribution >= 4 is 11.9 Å². The maximum Gasteiger partial charge on any atom is 0.339 e. The van der Waals surface area contributed by atoms with Crippen LogP contribution in [0.15, 0.2) is 60.7 Å². The Morgan fingerprint density at radius 2 is 0.732 bits per heavy atom. The second-order valence-electron chi connectivity index (χ2n) is 11.1. The van der Waals surface area contributed by atoms with Crippen LogP contribution in [-0.2, 0) is 22.7 Å². The van der Waals surface area contributed by atoms with Crippen molar-refractivity contribution in [3.63, 3.8) is 0 Å². The summed E-state index contributed by atoms with van der Waals surface area (Å²) in [6.45, 7) is -2.96. The van der Waals surface area contributed by atoms with Gasteiger partial charge >= 0.3 is 11.9 Å². The molecule has 0 saturated carbocycles. The molecule has 0 aliphatic rings. The van der Waals surface area contributed by atoms with E-state index in [1.54, 1.807) is 0 Å². The Bertz CT molecular complexity index is 2260. The van der Waals surface area contributed by atoms with Gasteiger partial charge in [0, 0.05) is 22.3 Å². The molecule has 0 amide bonds. The predicted octanol–water partition coefficient (Wildman–Crippen LogP) is 8.61. The standard InChI is InChI=1S/C40H20F10O6/c1-53-23-11-5-19(6-12-23)3-9-21-15-26(40(52)56-18-28-31(43)35(47)38(50)36(48)32(28)44)22(10-4-20-7-13-24(54-2)14-8-20)16-25(21)39(51)55-17-27-29(41)33(45)37(49)34(46)30(27)42/h5-8,11-16H,17-18H2,1-2H3. The average molecular weight is 787 g/mol. The molecule has 0 aromatic heterocycles. The second kappa shape index (κ2) is 17.0. The SMILES string of the molecule is COc1ccc(C#Cc2cc(C(=O)OCc3c(F)c(F)c(F)c(F)c3F)c(C#Cc3ccc(OC)cc3)cc2C(=O)OCc2c(F)c(F)c(F)c(F)c2F)cc1. The lowest BCUT2D eigenvalue weighted by Crippen LogP contribution is -2.15. The summed E-state index contributed by atoms with van der Waals surface area (Å²) in [4.78, 5) is 26.9. The molecule has 5 rings (SSSR count). The second-order valence-corrected chi connectivity index (χ2v) is 11.1. The molecule has 0 N–H and O–H groups in total. The lowest BCUT2D eigenvalue weighted by Gasteiger charge is -2.13. The highest BCUT2D eigenvalue weighted by molar-refractivity contribution is 5.98. The molecule has 5 aromatic rings. The van der Waals surface area contributed by atoms with E-state index >= 15 is 0 Å². The summed E-state index contributed by atoms with van der Waals surface area (Å²) in [5.41, 5.74) is -4.35. The van der Waals surface area contributed by atoms with Crippen molar-refractivity contribution < 1.29 is 72.4 Å². The van der Waals surface area contributed by atoms with Crippen molar-refractivity contribution in [3.8, 4) is 35.2 Å². The van der Waals surface area contributed by atoms with E-state index in [-0.39, 0.29) is 0 Å². The lowest BCUT2D eigenvalue weighted by atomic mass is 9.97. The highest BCUT2D eigenvalue weighted by Gasteiger charge is 2.29. The van der Waals surface area contributed by atoms with Gasteiger partial charge in [-0.1, -0.05) is 23.7 Å². The Morgan fingerprint density at radius 1 is 0.446 bits per heavy atom. The number of hydrogen-bond donors (Lipinski definition) is 0. The minimum atomic E-state index is -2.45. The van der Waals surface area contributed by atoms with E-state index in [2.05, 4.69) is 23.7 Å². The number of esters is 2. The molecule has 16 heteroatoms. The molecule has 286 valence electrons. The van der Waals surface area contributed by atoms with Crippen molar-refractivity contribution in [2.75, 3.05) is 14.2 Å². The number of methoxy groups -OCH3 is 2. The first-order valence-corrected chi connectivity index (χ1v) is 15.5. The summed E-state index contributed by atoms with van der Waals surface area (Å²) in [6.07, 6.45) is 0. The molecule has 0 bridgehead atoms. The van der Waals surface area contributed by atoms with Crippen molar-refractivity contribution in [1.29, 1.82) is 0 Å². The van der Waals surface area contributed by atoms with Gasteiger partial charge in [0.2, 0.25) is 11.6 Å². The highest BCUT2D eigenvalue weighted by Crippen LogP contribution is 2.27. The van der Waals surface area contributed by atoms with Gasteiger partial charge in [0.1, 0.15) is 24.7 Å². The van der Waals surface area contributed by atoms with Gasteiger partial charge < -0.3 is 18.9 Å². The van der Waals surface area contributed by atoms with E-state index in [1.165, 1.54) is 62.8 Å². The average Bonchev–Trinajstić information content (AvgIpc) is 3.22. The molecule has 0 aliphatic carbocycles. The molecule has 6 nitrogen and oxygen atoms in total. The molecule has 5 aromatic carbocycles. The van der Waals surface area contributed by atoms with Gasteiger partial charge in [-0.2, -0.15) is 0 Å². The molecule has 0 aliphatic heterocycles. The Morgan fingerprint density at radius 3 is 1.02 bits per heavy atom. The molecule has 0 unspecified atom stereocenters. The zero-order chi connectivity index (χ0) is 40.8. The first-order chi connectivity index (χ1) is 26.7. The van der Waals surface area contributed by atoms with Crippen molar-refractivity contribution in [2.24, 2.45) is 0 Å². The minimum Gasteiger partial charge on any atom is -0.497 e. The molecule has 0 atom stereocenters. The fourth-order valence-electron chi connectivity index (χ4n) is 4.76. The molecule has 0 saturated heterocycles. The number of rotatable bonds is 8. The van der Waals surface area contributed by atoms with Crippen LogP contribution in [0.1, 0.15) is 54.1 Å². The summed E-state index contributed by atoms with van der Waals surface area (Å²) in [7, 11) is 2.80. The number of carbonyl (C=O) groups is 2. The van der Waals surface area contributed by atoms with Crippen molar-refractivity contribution in [2.45, 2.75) is 13.2 Å². The van der Waals surface area contributed by atoms with Gasteiger partial charge in [0.05, 0.1) is 36.5 Å². The fourth-order valence-corrected chi connectivity index (χ4v) is 4.76. The van der Waals surface area contributed by atoms with E-state index in [0.717, 1.165) is 12.1 Å². The zero-order valence-electron chi connectivity index (χ0n) is 28.4. The highest BCUT2D eigenvalue weighted by atomic mass is 19.2. The van der Waals surface area contributed by atoms with Crippen LogP contribution in [0, 0.1) is 81.9 Å². The van der Waals surface area contributed by atoms with Crippen LogP contribution in [0.2, 0.25) is 0 Å². The van der Waals surface area contributed by atoms with Gasteiger partial charge in [-0.25, -0.2) is 53.5 Å². The Balaban J connectivity index is 1.63. The van der Waals surface area contributed by atoms with Crippen molar-refractivity contribution in [1.82, 2.24) is 0 Å². The first-order valence-electron chi connectivity index (χ1n) is 15.5. The number of carbonyl (C=O) groups excluding carboxylic acids is 2. The molecule has 0 spiro atoms. The third kappa shape index (κ3) is 8.39. The van der Waals surface area contributed by atoms with Gasteiger partial charge in [-0.15, -0.1) is 0 Å². The fraction of sp³-hybridized carbons (Fsp3) is 0.100. The topological polar surface area (TPSA) is 71.1 Å². The third-order valence-corrected chi connectivity index (χ3v) is 7.76.